The van der Waals surface area contributed by atoms with Gasteiger partial charge in [-0.3, -0.25) is 0 Å². The van der Waals surface area contributed by atoms with E-state index >= 15 is 0 Å². The second-order valence-corrected chi connectivity index (χ2v) is 7.08. The van der Waals surface area contributed by atoms with Crippen molar-refractivity contribution in [2.24, 2.45) is 7.05 Å². The number of methoxy groups -OCH3 is 1. The molecule has 0 saturated carbocycles. The van der Waals surface area contributed by atoms with Gasteiger partial charge < -0.3 is 13.7 Å². The molecule has 0 amide bonds. The van der Waals surface area contributed by atoms with E-state index in [4.69, 9.17) is 16.3 Å². The first-order valence-corrected chi connectivity index (χ1v) is 9.31. The van der Waals surface area contributed by atoms with Gasteiger partial charge in [-0.2, -0.15) is 0 Å². The molecule has 0 atom stereocenters. The van der Waals surface area contributed by atoms with Crippen molar-refractivity contribution in [3.05, 3.63) is 59.5 Å². The summed E-state index contributed by atoms with van der Waals surface area (Å²) in [5.74, 6) is 2.13. The number of pyridine rings is 1. The Kier molecular flexibility index (Phi) is 4.57. The van der Waals surface area contributed by atoms with Crippen LogP contribution in [0.1, 0.15) is 5.69 Å². The molecule has 3 heterocycles. The summed E-state index contributed by atoms with van der Waals surface area (Å²) in [6.45, 7) is 0. The van der Waals surface area contributed by atoms with E-state index < -0.39 is 0 Å². The van der Waals surface area contributed by atoms with E-state index in [2.05, 4.69) is 15.2 Å². The van der Waals surface area contributed by atoms with Gasteiger partial charge in [0.05, 0.1) is 18.4 Å². The van der Waals surface area contributed by atoms with Crippen LogP contribution in [-0.4, -0.2) is 31.3 Å². The summed E-state index contributed by atoms with van der Waals surface area (Å²) < 4.78 is 9.37. The summed E-state index contributed by atoms with van der Waals surface area (Å²) in [5, 5.41) is 10.1. The van der Waals surface area contributed by atoms with Gasteiger partial charge in [0.2, 0.25) is 0 Å². The van der Waals surface area contributed by atoms with Gasteiger partial charge in [0, 0.05) is 30.2 Å². The molecule has 0 N–H and O–H groups in total. The van der Waals surface area contributed by atoms with E-state index in [-0.39, 0.29) is 0 Å². The zero-order valence-corrected chi connectivity index (χ0v) is 15.8. The average molecular weight is 386 g/mol. The smallest absolute Gasteiger partial charge is 0.191 e. The molecule has 0 bridgehead atoms. The molecule has 1 aromatic carbocycles. The number of halogens is 1. The van der Waals surface area contributed by atoms with E-state index in [1.807, 2.05) is 58.7 Å². The van der Waals surface area contributed by atoms with Gasteiger partial charge >= 0.3 is 0 Å². The normalized spacial score (nSPS) is 11.2. The Morgan fingerprint density at radius 1 is 1.19 bits per heavy atom. The van der Waals surface area contributed by atoms with Crippen molar-refractivity contribution in [2.75, 3.05) is 7.11 Å². The second-order valence-electron chi connectivity index (χ2n) is 5.70. The second kappa shape index (κ2) is 7.01. The molecule has 8 heteroatoms. The number of fused-ring (bicyclic) bond motifs is 1. The maximum Gasteiger partial charge on any atom is 0.191 e. The molecule has 0 unspecified atom stereocenters. The van der Waals surface area contributed by atoms with Gasteiger partial charge in [0.15, 0.2) is 11.0 Å². The van der Waals surface area contributed by atoms with Crippen LogP contribution in [0, 0.1) is 0 Å². The van der Waals surface area contributed by atoms with Crippen molar-refractivity contribution in [1.29, 1.82) is 0 Å². The lowest BCUT2D eigenvalue weighted by Crippen LogP contribution is -1.97. The van der Waals surface area contributed by atoms with E-state index in [1.165, 1.54) is 0 Å². The van der Waals surface area contributed by atoms with Gasteiger partial charge in [0.25, 0.3) is 0 Å². The molecule has 0 fully saturated rings. The Hall–Kier alpha value is -2.51. The minimum absolute atomic E-state index is 0.628. The van der Waals surface area contributed by atoms with Crippen LogP contribution >= 0.6 is 23.4 Å². The van der Waals surface area contributed by atoms with Gasteiger partial charge in [-0.15, -0.1) is 10.2 Å². The number of rotatable bonds is 5. The molecule has 0 aliphatic rings. The molecular weight excluding hydrogens is 370 g/mol. The summed E-state index contributed by atoms with van der Waals surface area (Å²) in [4.78, 5) is 4.61. The lowest BCUT2D eigenvalue weighted by atomic mass is 10.2. The number of ether oxygens (including phenoxy) is 1. The van der Waals surface area contributed by atoms with Crippen molar-refractivity contribution in [3.8, 4) is 17.1 Å². The minimum Gasteiger partial charge on any atom is -0.496 e. The Morgan fingerprint density at radius 3 is 2.88 bits per heavy atom. The molecule has 0 saturated heterocycles. The SMILES string of the molecule is COc1ccc(Cl)cc1-c1nnc(SCc2cn3ccccc3n2)n1C. The third-order valence-electron chi connectivity index (χ3n) is 4.00. The standard InChI is InChI=1S/C18H16ClN5OS/c1-23-17(14-9-12(19)6-7-15(14)25-2)21-22-18(23)26-11-13-10-24-8-4-3-5-16(24)20-13/h3-10H,11H2,1-2H3. The fourth-order valence-corrected chi connectivity index (χ4v) is 3.69. The van der Waals surface area contributed by atoms with E-state index in [0.29, 0.717) is 22.3 Å². The minimum atomic E-state index is 0.628. The summed E-state index contributed by atoms with van der Waals surface area (Å²) in [6, 6.07) is 11.4. The number of imidazole rings is 1. The van der Waals surface area contributed by atoms with Gasteiger partial charge in [0.1, 0.15) is 11.4 Å². The fourth-order valence-electron chi connectivity index (χ4n) is 2.73. The van der Waals surface area contributed by atoms with Crippen LogP contribution in [0.25, 0.3) is 17.0 Å². The lowest BCUT2D eigenvalue weighted by Gasteiger charge is -2.08. The third kappa shape index (κ3) is 3.15. The van der Waals surface area contributed by atoms with Crippen LogP contribution in [0.3, 0.4) is 0 Å². The molecule has 4 aromatic rings. The number of nitrogens with zero attached hydrogens (tertiary/aromatic N) is 5. The zero-order chi connectivity index (χ0) is 18.1. The number of thioether (sulfide) groups is 1. The molecule has 4 rings (SSSR count). The van der Waals surface area contributed by atoms with Gasteiger partial charge in [-0.25, -0.2) is 4.98 Å². The molecule has 0 aliphatic carbocycles. The Morgan fingerprint density at radius 2 is 2.08 bits per heavy atom. The highest BCUT2D eigenvalue weighted by Gasteiger charge is 2.16. The Bertz CT molecular complexity index is 1040. The monoisotopic (exact) mass is 385 g/mol. The van der Waals surface area contributed by atoms with Crippen molar-refractivity contribution >= 4 is 29.0 Å². The molecular formula is C18H16ClN5OS. The first kappa shape index (κ1) is 16.9. The first-order chi connectivity index (χ1) is 12.7. The van der Waals surface area contributed by atoms with Crippen molar-refractivity contribution in [1.82, 2.24) is 24.1 Å². The maximum atomic E-state index is 6.13. The Balaban J connectivity index is 1.58. The summed E-state index contributed by atoms with van der Waals surface area (Å²) in [6.07, 6.45) is 4.02. The van der Waals surface area contributed by atoms with Gasteiger partial charge in [-0.05, 0) is 30.3 Å². The number of benzene rings is 1. The number of hydrogen-bond acceptors (Lipinski definition) is 5. The largest absolute Gasteiger partial charge is 0.496 e. The topological polar surface area (TPSA) is 57.2 Å². The average Bonchev–Trinajstić information content (AvgIpc) is 3.22. The summed E-state index contributed by atoms with van der Waals surface area (Å²) >= 11 is 7.72. The lowest BCUT2D eigenvalue weighted by molar-refractivity contribution is 0.416. The van der Waals surface area contributed by atoms with E-state index in [0.717, 1.165) is 22.1 Å². The van der Waals surface area contributed by atoms with E-state index in [1.54, 1.807) is 24.9 Å². The molecule has 0 radical (unpaired) electrons. The van der Waals surface area contributed by atoms with Crippen molar-refractivity contribution < 1.29 is 4.74 Å². The van der Waals surface area contributed by atoms with Crippen molar-refractivity contribution in [3.63, 3.8) is 0 Å². The Labute approximate surface area is 159 Å². The van der Waals surface area contributed by atoms with Crippen LogP contribution in [-0.2, 0) is 12.8 Å². The quantitative estimate of drug-likeness (QED) is 0.484. The first-order valence-electron chi connectivity index (χ1n) is 7.94. The molecule has 6 nitrogen and oxygen atoms in total. The van der Waals surface area contributed by atoms with Crippen LogP contribution in [0.15, 0.2) is 53.9 Å². The van der Waals surface area contributed by atoms with Crippen LogP contribution in [0.2, 0.25) is 5.02 Å². The predicted octanol–water partition coefficient (Wildman–Crippen LogP) is 4.08. The molecule has 26 heavy (non-hydrogen) atoms. The van der Waals surface area contributed by atoms with Crippen LogP contribution in [0.4, 0.5) is 0 Å². The summed E-state index contributed by atoms with van der Waals surface area (Å²) in [7, 11) is 3.56. The molecule has 132 valence electrons. The van der Waals surface area contributed by atoms with E-state index in [9.17, 15) is 0 Å². The number of aromatic nitrogens is 5. The van der Waals surface area contributed by atoms with Gasteiger partial charge in [-0.1, -0.05) is 29.4 Å². The molecule has 0 aliphatic heterocycles. The maximum absolute atomic E-state index is 6.13. The van der Waals surface area contributed by atoms with Crippen molar-refractivity contribution in [2.45, 2.75) is 10.9 Å². The number of hydrogen-bond donors (Lipinski definition) is 0. The molecule has 0 spiro atoms. The highest BCUT2D eigenvalue weighted by Crippen LogP contribution is 2.33. The predicted molar refractivity (Wildman–Crippen MR) is 103 cm³/mol. The fraction of sp³-hybridized carbons (Fsp3) is 0.167. The zero-order valence-electron chi connectivity index (χ0n) is 14.3. The molecule has 3 aromatic heterocycles. The highest BCUT2D eigenvalue weighted by atomic mass is 35.5. The van der Waals surface area contributed by atoms with Crippen LogP contribution < -0.4 is 4.74 Å². The van der Waals surface area contributed by atoms with Crippen LogP contribution in [0.5, 0.6) is 5.75 Å². The third-order valence-corrected chi connectivity index (χ3v) is 5.29. The highest BCUT2D eigenvalue weighted by molar-refractivity contribution is 7.98. The summed E-state index contributed by atoms with van der Waals surface area (Å²) in [5.41, 5.74) is 2.74.